The van der Waals surface area contributed by atoms with Gasteiger partial charge in [-0.1, -0.05) is 24.3 Å². The van der Waals surface area contributed by atoms with Crippen molar-refractivity contribution in [3.05, 3.63) is 82.1 Å². The molecule has 0 spiro atoms. The molecule has 8 heteroatoms. The highest BCUT2D eigenvalue weighted by atomic mass is 32.1. The summed E-state index contributed by atoms with van der Waals surface area (Å²) in [7, 11) is 0. The standard InChI is InChI=1S/C22H22N6OS/c1-2-12-26-20(29)17-8-3-4-9-19(17)28-21(26)24-27(22(28)30)15-25-13-6-10-18(25)16-7-5-11-23-14-16/h2-5,7-9,11,14,18H,1,6,10,12-13,15H2. The van der Waals surface area contributed by atoms with Gasteiger partial charge in [0.15, 0.2) is 0 Å². The first-order valence-electron chi connectivity index (χ1n) is 10.0. The second-order valence-corrected chi connectivity index (χ2v) is 7.90. The minimum atomic E-state index is -0.0837. The average Bonchev–Trinajstić information content (AvgIpc) is 3.37. The van der Waals surface area contributed by atoms with Crippen molar-refractivity contribution in [2.75, 3.05) is 6.54 Å². The van der Waals surface area contributed by atoms with Gasteiger partial charge in [-0.2, -0.15) is 0 Å². The van der Waals surface area contributed by atoms with Crippen LogP contribution in [0, 0.1) is 4.77 Å². The van der Waals surface area contributed by atoms with Crippen LogP contribution in [0.5, 0.6) is 0 Å². The second-order valence-electron chi connectivity index (χ2n) is 7.54. The summed E-state index contributed by atoms with van der Waals surface area (Å²) in [6, 6.07) is 11.9. The van der Waals surface area contributed by atoms with Crippen LogP contribution in [0.2, 0.25) is 0 Å². The number of aromatic nitrogens is 5. The number of para-hydroxylation sites is 1. The van der Waals surface area contributed by atoms with E-state index in [2.05, 4.69) is 22.5 Å². The molecule has 1 atom stereocenters. The Balaban J connectivity index is 1.64. The van der Waals surface area contributed by atoms with Crippen LogP contribution >= 0.6 is 12.2 Å². The number of benzene rings is 1. The minimum Gasteiger partial charge on any atom is -0.277 e. The van der Waals surface area contributed by atoms with E-state index in [1.54, 1.807) is 16.8 Å². The van der Waals surface area contributed by atoms with Crippen molar-refractivity contribution in [3.8, 4) is 0 Å². The van der Waals surface area contributed by atoms with E-state index in [1.807, 2.05) is 45.6 Å². The van der Waals surface area contributed by atoms with Crippen LogP contribution in [-0.4, -0.2) is 35.2 Å². The summed E-state index contributed by atoms with van der Waals surface area (Å²) < 4.78 is 5.93. The van der Waals surface area contributed by atoms with Crippen LogP contribution in [0.3, 0.4) is 0 Å². The Labute approximate surface area is 178 Å². The fourth-order valence-electron chi connectivity index (χ4n) is 4.37. The molecule has 152 valence electrons. The average molecular weight is 419 g/mol. The number of rotatable bonds is 5. The maximum absolute atomic E-state index is 13.0. The van der Waals surface area contributed by atoms with Crippen LogP contribution < -0.4 is 5.56 Å². The van der Waals surface area contributed by atoms with Gasteiger partial charge in [0.05, 0.1) is 17.6 Å². The quantitative estimate of drug-likeness (QED) is 0.366. The van der Waals surface area contributed by atoms with Gasteiger partial charge in [0, 0.05) is 31.5 Å². The molecule has 4 heterocycles. The molecule has 0 aliphatic carbocycles. The lowest BCUT2D eigenvalue weighted by atomic mass is 10.1. The van der Waals surface area contributed by atoms with Gasteiger partial charge in [-0.3, -0.25) is 23.6 Å². The highest BCUT2D eigenvalue weighted by Gasteiger charge is 2.27. The first-order chi connectivity index (χ1) is 14.7. The van der Waals surface area contributed by atoms with Crippen molar-refractivity contribution in [1.82, 2.24) is 28.6 Å². The zero-order valence-electron chi connectivity index (χ0n) is 16.5. The first kappa shape index (κ1) is 18.9. The van der Waals surface area contributed by atoms with Gasteiger partial charge in [-0.25, -0.2) is 4.68 Å². The maximum atomic E-state index is 13.0. The molecule has 7 nitrogen and oxygen atoms in total. The summed E-state index contributed by atoms with van der Waals surface area (Å²) in [5.74, 6) is 0.542. The molecular weight excluding hydrogens is 396 g/mol. The number of likely N-dealkylation sites (tertiary alicyclic amines) is 1. The Hall–Kier alpha value is -3.10. The van der Waals surface area contributed by atoms with E-state index in [4.69, 9.17) is 17.3 Å². The summed E-state index contributed by atoms with van der Waals surface area (Å²) in [6.07, 6.45) is 7.63. The minimum absolute atomic E-state index is 0.0837. The summed E-state index contributed by atoms with van der Waals surface area (Å²) in [4.78, 5) is 19.7. The van der Waals surface area contributed by atoms with Gasteiger partial charge in [0.25, 0.3) is 5.56 Å². The molecule has 30 heavy (non-hydrogen) atoms. The summed E-state index contributed by atoms with van der Waals surface area (Å²) in [6.45, 7) is 5.71. The van der Waals surface area contributed by atoms with E-state index < -0.39 is 0 Å². The molecule has 5 rings (SSSR count). The molecule has 1 aromatic carbocycles. The van der Waals surface area contributed by atoms with E-state index in [1.165, 1.54) is 5.56 Å². The SMILES string of the molecule is C=CCn1c(=O)c2ccccc2n2c(=S)n(CN3CCCC3c3cccnc3)nc12. The number of pyridine rings is 1. The van der Waals surface area contributed by atoms with E-state index in [0.29, 0.717) is 29.1 Å². The third kappa shape index (κ3) is 3.00. The maximum Gasteiger partial charge on any atom is 0.263 e. The molecule has 4 aromatic rings. The Bertz CT molecular complexity index is 1350. The Morgan fingerprint density at radius 3 is 2.90 bits per heavy atom. The van der Waals surface area contributed by atoms with E-state index in [0.717, 1.165) is 24.9 Å². The molecule has 0 radical (unpaired) electrons. The summed E-state index contributed by atoms with van der Waals surface area (Å²) in [5, 5.41) is 5.39. The van der Waals surface area contributed by atoms with Crippen molar-refractivity contribution in [1.29, 1.82) is 0 Å². The van der Waals surface area contributed by atoms with Crippen molar-refractivity contribution in [2.45, 2.75) is 32.1 Å². The number of nitrogens with zero attached hydrogens (tertiary/aromatic N) is 6. The Morgan fingerprint density at radius 1 is 1.23 bits per heavy atom. The molecule has 0 saturated carbocycles. The predicted octanol–water partition coefficient (Wildman–Crippen LogP) is 3.56. The largest absolute Gasteiger partial charge is 0.277 e. The van der Waals surface area contributed by atoms with E-state index in [-0.39, 0.29) is 11.6 Å². The first-order valence-corrected chi connectivity index (χ1v) is 10.5. The summed E-state index contributed by atoms with van der Waals surface area (Å²) >= 11 is 5.81. The Kier molecular flexibility index (Phi) is 4.80. The van der Waals surface area contributed by atoms with Gasteiger partial charge in [-0.15, -0.1) is 11.7 Å². The van der Waals surface area contributed by atoms with Crippen molar-refractivity contribution in [3.63, 3.8) is 0 Å². The molecule has 0 amide bonds. The van der Waals surface area contributed by atoms with Gasteiger partial charge >= 0.3 is 0 Å². The van der Waals surface area contributed by atoms with Crippen LogP contribution in [0.1, 0.15) is 24.4 Å². The molecule has 3 aromatic heterocycles. The molecule has 1 aliphatic heterocycles. The molecule has 1 saturated heterocycles. The molecule has 0 bridgehead atoms. The fourth-order valence-corrected chi connectivity index (χ4v) is 4.65. The number of hydrogen-bond acceptors (Lipinski definition) is 5. The second kappa shape index (κ2) is 7.62. The molecule has 0 N–H and O–H groups in total. The zero-order chi connectivity index (χ0) is 20.7. The smallest absolute Gasteiger partial charge is 0.263 e. The van der Waals surface area contributed by atoms with Crippen LogP contribution in [0.15, 0.2) is 66.2 Å². The van der Waals surface area contributed by atoms with Gasteiger partial charge < -0.3 is 0 Å². The van der Waals surface area contributed by atoms with Gasteiger partial charge in [0.1, 0.15) is 0 Å². The van der Waals surface area contributed by atoms with Crippen molar-refractivity contribution < 1.29 is 0 Å². The third-order valence-electron chi connectivity index (χ3n) is 5.74. The van der Waals surface area contributed by atoms with Gasteiger partial charge in [-0.05, 0) is 48.8 Å². The molecule has 1 unspecified atom stereocenters. The van der Waals surface area contributed by atoms with Gasteiger partial charge in [0.2, 0.25) is 10.5 Å². The lowest BCUT2D eigenvalue weighted by Gasteiger charge is -2.24. The van der Waals surface area contributed by atoms with Crippen molar-refractivity contribution >= 4 is 28.9 Å². The van der Waals surface area contributed by atoms with Crippen molar-refractivity contribution in [2.24, 2.45) is 0 Å². The molecule has 1 aliphatic rings. The summed E-state index contributed by atoms with van der Waals surface area (Å²) in [5.41, 5.74) is 1.90. The highest BCUT2D eigenvalue weighted by Crippen LogP contribution is 2.31. The number of allylic oxidation sites excluding steroid dienone is 1. The third-order valence-corrected chi connectivity index (χ3v) is 6.14. The van der Waals surface area contributed by atoms with Crippen LogP contribution in [-0.2, 0) is 13.2 Å². The zero-order valence-corrected chi connectivity index (χ0v) is 17.3. The lowest BCUT2D eigenvalue weighted by Crippen LogP contribution is -2.27. The molecule has 1 fully saturated rings. The highest BCUT2D eigenvalue weighted by molar-refractivity contribution is 7.71. The lowest BCUT2D eigenvalue weighted by molar-refractivity contribution is 0.190. The van der Waals surface area contributed by atoms with Crippen LogP contribution in [0.25, 0.3) is 16.7 Å². The number of hydrogen-bond donors (Lipinski definition) is 0. The normalized spacial score (nSPS) is 17.1. The Morgan fingerprint density at radius 2 is 2.10 bits per heavy atom. The molecular formula is C22H22N6OS. The monoisotopic (exact) mass is 418 g/mol. The van der Waals surface area contributed by atoms with E-state index in [9.17, 15) is 4.79 Å². The number of fused-ring (bicyclic) bond motifs is 3. The topological polar surface area (TPSA) is 60.4 Å². The predicted molar refractivity (Wildman–Crippen MR) is 119 cm³/mol. The fraction of sp³-hybridized carbons (Fsp3) is 0.273. The van der Waals surface area contributed by atoms with Crippen LogP contribution in [0.4, 0.5) is 0 Å². The van der Waals surface area contributed by atoms with E-state index >= 15 is 0 Å².